The van der Waals surface area contributed by atoms with Gasteiger partial charge in [-0.05, 0) is 48.9 Å². The molecule has 1 unspecified atom stereocenters. The summed E-state index contributed by atoms with van der Waals surface area (Å²) in [6, 6.07) is 21.2. The molecule has 1 saturated heterocycles. The molecule has 4 rings (SSSR count). The molecule has 7 heteroatoms. The predicted molar refractivity (Wildman–Crippen MR) is 121 cm³/mol. The van der Waals surface area contributed by atoms with Gasteiger partial charge >= 0.3 is 0 Å². The number of carbonyl (C=O) groups is 2. The van der Waals surface area contributed by atoms with Crippen molar-refractivity contribution in [1.82, 2.24) is 0 Å². The van der Waals surface area contributed by atoms with Crippen LogP contribution in [0.5, 0.6) is 5.75 Å². The number of rotatable bonds is 6. The van der Waals surface area contributed by atoms with Crippen molar-refractivity contribution in [3.8, 4) is 5.75 Å². The van der Waals surface area contributed by atoms with Crippen LogP contribution >= 0.6 is 11.8 Å². The third kappa shape index (κ3) is 4.72. The minimum atomic E-state index is -0.336. The van der Waals surface area contributed by atoms with E-state index in [0.29, 0.717) is 28.4 Å². The smallest absolute Gasteiger partial charge is 0.262 e. The monoisotopic (exact) mass is 436 g/mol. The van der Waals surface area contributed by atoms with Gasteiger partial charge in [0.25, 0.3) is 5.91 Å². The fourth-order valence-electron chi connectivity index (χ4n) is 3.38. The Kier molecular flexibility index (Phi) is 6.23. The second-order valence-corrected chi connectivity index (χ2v) is 8.15. The van der Waals surface area contributed by atoms with Gasteiger partial charge in [0.15, 0.2) is 6.61 Å². The summed E-state index contributed by atoms with van der Waals surface area (Å²) in [4.78, 5) is 26.3. The zero-order valence-electron chi connectivity index (χ0n) is 16.9. The van der Waals surface area contributed by atoms with Crippen molar-refractivity contribution in [2.75, 3.05) is 22.6 Å². The number of ether oxygens (including phenoxy) is 1. The quantitative estimate of drug-likeness (QED) is 0.595. The molecule has 0 aliphatic carbocycles. The summed E-state index contributed by atoms with van der Waals surface area (Å²) in [6.45, 7) is 1.58. The van der Waals surface area contributed by atoms with Gasteiger partial charge in [-0.3, -0.25) is 14.5 Å². The number of carbonyl (C=O) groups excluding carboxylic acids is 2. The first-order valence-electron chi connectivity index (χ1n) is 9.79. The Morgan fingerprint density at radius 2 is 1.84 bits per heavy atom. The lowest BCUT2D eigenvalue weighted by molar-refractivity contribution is -0.118. The Morgan fingerprint density at radius 3 is 2.58 bits per heavy atom. The summed E-state index contributed by atoms with van der Waals surface area (Å²) < 4.78 is 19.5. The van der Waals surface area contributed by atoms with Crippen molar-refractivity contribution < 1.29 is 18.7 Å². The number of benzene rings is 3. The highest BCUT2D eigenvalue weighted by atomic mass is 32.2. The van der Waals surface area contributed by atoms with Gasteiger partial charge in [-0.25, -0.2) is 4.39 Å². The standard InChI is InChI=1S/C24H21FN2O3S/c1-16-20(25)8-5-9-21(16)27-23(29)15-31-24(27)17-10-12-18(13-11-17)26-22(28)14-30-19-6-3-2-4-7-19/h2-13,24H,14-15H2,1H3,(H,26,28). The van der Waals surface area contributed by atoms with E-state index in [9.17, 15) is 14.0 Å². The average Bonchev–Trinajstić information content (AvgIpc) is 3.16. The second-order valence-electron chi connectivity index (χ2n) is 7.08. The molecule has 0 radical (unpaired) electrons. The van der Waals surface area contributed by atoms with Gasteiger partial charge in [-0.1, -0.05) is 36.4 Å². The zero-order chi connectivity index (χ0) is 21.8. The second kappa shape index (κ2) is 9.22. The molecule has 5 nitrogen and oxygen atoms in total. The summed E-state index contributed by atoms with van der Waals surface area (Å²) in [5.74, 6) is 0.300. The molecule has 158 valence electrons. The number of amides is 2. The van der Waals surface area contributed by atoms with Gasteiger partial charge in [0, 0.05) is 11.3 Å². The fourth-order valence-corrected chi connectivity index (χ4v) is 4.55. The Morgan fingerprint density at radius 1 is 1.10 bits per heavy atom. The minimum absolute atomic E-state index is 0.0564. The van der Waals surface area contributed by atoms with Crippen LogP contribution in [0, 0.1) is 12.7 Å². The number of thioether (sulfide) groups is 1. The molecule has 0 bridgehead atoms. The molecule has 1 aliphatic heterocycles. The van der Waals surface area contributed by atoms with E-state index in [1.54, 1.807) is 48.2 Å². The minimum Gasteiger partial charge on any atom is -0.484 e. The van der Waals surface area contributed by atoms with Crippen molar-refractivity contribution in [1.29, 1.82) is 0 Å². The van der Waals surface area contributed by atoms with Crippen LogP contribution in [-0.2, 0) is 9.59 Å². The van der Waals surface area contributed by atoms with Gasteiger partial charge in [0.2, 0.25) is 5.91 Å². The summed E-state index contributed by atoms with van der Waals surface area (Å²) in [5.41, 5.74) is 2.56. The summed E-state index contributed by atoms with van der Waals surface area (Å²) in [7, 11) is 0. The highest BCUT2D eigenvalue weighted by Gasteiger charge is 2.35. The molecule has 1 heterocycles. The summed E-state index contributed by atoms with van der Waals surface area (Å²) >= 11 is 1.49. The van der Waals surface area contributed by atoms with E-state index in [1.807, 2.05) is 30.3 Å². The first kappa shape index (κ1) is 20.9. The average molecular weight is 437 g/mol. The molecule has 0 saturated carbocycles. The molecule has 1 aliphatic rings. The molecule has 0 aromatic heterocycles. The van der Waals surface area contributed by atoms with E-state index >= 15 is 0 Å². The highest BCUT2D eigenvalue weighted by molar-refractivity contribution is 8.00. The van der Waals surface area contributed by atoms with Crippen LogP contribution in [0.3, 0.4) is 0 Å². The van der Waals surface area contributed by atoms with Crippen molar-refractivity contribution in [3.63, 3.8) is 0 Å². The van der Waals surface area contributed by atoms with Crippen LogP contribution in [0.15, 0.2) is 72.8 Å². The normalized spacial score (nSPS) is 15.7. The van der Waals surface area contributed by atoms with E-state index in [2.05, 4.69) is 5.32 Å². The Bertz CT molecular complexity index is 1090. The van der Waals surface area contributed by atoms with Crippen molar-refractivity contribution >= 4 is 35.0 Å². The third-order valence-electron chi connectivity index (χ3n) is 4.96. The van der Waals surface area contributed by atoms with Crippen LogP contribution in [0.2, 0.25) is 0 Å². The van der Waals surface area contributed by atoms with E-state index in [4.69, 9.17) is 4.74 Å². The van der Waals surface area contributed by atoms with Crippen LogP contribution in [0.4, 0.5) is 15.8 Å². The molecule has 0 spiro atoms. The maximum Gasteiger partial charge on any atom is 0.262 e. The topological polar surface area (TPSA) is 58.6 Å². The first-order valence-corrected chi connectivity index (χ1v) is 10.8. The van der Waals surface area contributed by atoms with Crippen LogP contribution in [0.25, 0.3) is 0 Å². The summed E-state index contributed by atoms with van der Waals surface area (Å²) in [5, 5.41) is 2.55. The van der Waals surface area contributed by atoms with E-state index in [1.165, 1.54) is 17.8 Å². The largest absolute Gasteiger partial charge is 0.484 e. The zero-order valence-corrected chi connectivity index (χ0v) is 17.7. The maximum absolute atomic E-state index is 14.0. The van der Waals surface area contributed by atoms with Gasteiger partial charge < -0.3 is 10.1 Å². The maximum atomic E-state index is 14.0. The fraction of sp³-hybridized carbons (Fsp3) is 0.167. The van der Waals surface area contributed by atoms with Gasteiger partial charge in [-0.15, -0.1) is 11.8 Å². The Balaban J connectivity index is 1.44. The molecule has 2 amide bonds. The van der Waals surface area contributed by atoms with Crippen molar-refractivity contribution in [3.05, 3.63) is 89.7 Å². The first-order chi connectivity index (χ1) is 15.0. The third-order valence-corrected chi connectivity index (χ3v) is 6.17. The van der Waals surface area contributed by atoms with Crippen LogP contribution in [-0.4, -0.2) is 24.2 Å². The number of hydrogen-bond acceptors (Lipinski definition) is 4. The molecule has 1 N–H and O–H groups in total. The number of nitrogens with one attached hydrogen (secondary N) is 1. The summed E-state index contributed by atoms with van der Waals surface area (Å²) in [6.07, 6.45) is 0. The molecule has 3 aromatic carbocycles. The highest BCUT2D eigenvalue weighted by Crippen LogP contribution is 2.43. The van der Waals surface area contributed by atoms with Gasteiger partial charge in [0.05, 0.1) is 11.4 Å². The molecular weight excluding hydrogens is 415 g/mol. The van der Waals surface area contributed by atoms with E-state index in [0.717, 1.165) is 5.56 Å². The lowest BCUT2D eigenvalue weighted by Crippen LogP contribution is -2.28. The van der Waals surface area contributed by atoms with Gasteiger partial charge in [0.1, 0.15) is 16.9 Å². The lowest BCUT2D eigenvalue weighted by atomic mass is 10.1. The molecule has 31 heavy (non-hydrogen) atoms. The molecular formula is C24H21FN2O3S. The van der Waals surface area contributed by atoms with Crippen LogP contribution < -0.4 is 15.0 Å². The SMILES string of the molecule is Cc1c(F)cccc1N1C(=O)CSC1c1ccc(NC(=O)COc2ccccc2)cc1. The number of anilines is 2. The Labute approximate surface area is 184 Å². The van der Waals surface area contributed by atoms with Crippen LogP contribution in [0.1, 0.15) is 16.5 Å². The lowest BCUT2D eigenvalue weighted by Gasteiger charge is -2.26. The number of halogens is 1. The van der Waals surface area contributed by atoms with Gasteiger partial charge in [-0.2, -0.15) is 0 Å². The van der Waals surface area contributed by atoms with E-state index in [-0.39, 0.29) is 29.6 Å². The number of para-hydroxylation sites is 1. The number of nitrogens with zero attached hydrogens (tertiary/aromatic N) is 1. The molecule has 1 fully saturated rings. The van der Waals surface area contributed by atoms with Crippen molar-refractivity contribution in [2.45, 2.75) is 12.3 Å². The number of hydrogen-bond donors (Lipinski definition) is 1. The Hall–Kier alpha value is -3.32. The molecule has 3 aromatic rings. The molecule has 1 atom stereocenters. The van der Waals surface area contributed by atoms with Crippen molar-refractivity contribution in [2.24, 2.45) is 0 Å². The predicted octanol–water partition coefficient (Wildman–Crippen LogP) is 4.93. The van der Waals surface area contributed by atoms with E-state index < -0.39 is 0 Å².